The number of carbonyl (C=O) groups excluding carboxylic acids is 2. The summed E-state index contributed by atoms with van der Waals surface area (Å²) in [5.74, 6) is 0.952. The Labute approximate surface area is 376 Å². The molecule has 63 heavy (non-hydrogen) atoms. The number of fused-ring (bicyclic) bond motifs is 3. The predicted molar refractivity (Wildman–Crippen MR) is 251 cm³/mol. The van der Waals surface area contributed by atoms with Crippen LogP contribution in [0.15, 0.2) is 76.5 Å². The molecule has 2 amide bonds. The number of hydrogen-bond donors (Lipinski definition) is 3. The molecule has 3 aromatic carbocycles. The Morgan fingerprint density at radius 3 is 2.30 bits per heavy atom. The van der Waals surface area contributed by atoms with Crippen molar-refractivity contribution in [3.8, 4) is 16.1 Å². The Hall–Kier alpha value is -5.89. The summed E-state index contributed by atoms with van der Waals surface area (Å²) in [6, 6.07) is 21.4. The number of benzene rings is 3. The van der Waals surface area contributed by atoms with Gasteiger partial charge in [0, 0.05) is 82.4 Å². The number of aromatic nitrogens is 4. The maximum atomic E-state index is 14.0. The van der Waals surface area contributed by atoms with Gasteiger partial charge in [0.2, 0.25) is 5.91 Å². The molecule has 2 aliphatic rings. The van der Waals surface area contributed by atoms with Gasteiger partial charge < -0.3 is 25.3 Å². The molecule has 1 saturated heterocycles. The fourth-order valence-corrected chi connectivity index (χ4v) is 10.1. The minimum Gasteiger partial charge on any atom is -0.381 e. The molecular weight excluding hydrogens is 832 g/mol. The number of halogens is 1. The smallest absolute Gasteiger partial charge is 0.253 e. The molecule has 1 atom stereocenters. The molecule has 0 saturated carbocycles. The summed E-state index contributed by atoms with van der Waals surface area (Å²) >= 11 is 7.96. The van der Waals surface area contributed by atoms with Crippen molar-refractivity contribution in [2.45, 2.75) is 92.9 Å². The van der Waals surface area contributed by atoms with Gasteiger partial charge in [-0.2, -0.15) is 0 Å². The number of aliphatic imine (C=N–C) groups is 1. The van der Waals surface area contributed by atoms with Crippen molar-refractivity contribution in [2.24, 2.45) is 4.99 Å². The number of pyridine rings is 1. The van der Waals surface area contributed by atoms with E-state index in [0.29, 0.717) is 41.7 Å². The number of carbonyl (C=O) groups is 2. The second-order valence-electron chi connectivity index (χ2n) is 16.5. The first-order valence-electron chi connectivity index (χ1n) is 21.5. The Bertz CT molecular complexity index is 2780. The zero-order chi connectivity index (χ0) is 44.5. The summed E-state index contributed by atoms with van der Waals surface area (Å²) in [5, 5.41) is 16.8. The molecule has 0 aliphatic carbocycles. The van der Waals surface area contributed by atoms with Crippen LogP contribution in [0.2, 0.25) is 5.02 Å². The molecule has 3 N–H and O–H groups in total. The Morgan fingerprint density at radius 2 is 1.60 bits per heavy atom. The van der Waals surface area contributed by atoms with E-state index < -0.39 is 6.04 Å². The highest BCUT2D eigenvalue weighted by Gasteiger charge is 2.33. The van der Waals surface area contributed by atoms with Gasteiger partial charge in [-0.15, -0.1) is 21.5 Å². The number of nitrogens with zero attached hydrogens (tertiary/aromatic N) is 5. The van der Waals surface area contributed by atoms with Crippen LogP contribution in [-0.4, -0.2) is 63.1 Å². The molecule has 14 heteroatoms. The van der Waals surface area contributed by atoms with Crippen molar-refractivity contribution >= 4 is 46.2 Å². The van der Waals surface area contributed by atoms with Gasteiger partial charge in [-0.3, -0.25) is 23.9 Å². The molecule has 12 nitrogen and oxygen atoms in total. The van der Waals surface area contributed by atoms with Crippen LogP contribution in [0.5, 0.6) is 0 Å². The van der Waals surface area contributed by atoms with Crippen molar-refractivity contribution in [3.05, 3.63) is 149 Å². The molecule has 326 valence electrons. The third kappa shape index (κ3) is 9.00. The second-order valence-corrected chi connectivity index (χ2v) is 18.1. The van der Waals surface area contributed by atoms with Crippen molar-refractivity contribution in [1.82, 2.24) is 30.4 Å². The number of anilines is 1. The highest BCUT2D eigenvalue weighted by molar-refractivity contribution is 7.15. The molecule has 0 unspecified atom stereocenters. The minimum absolute atomic E-state index is 0.0795. The molecule has 5 heterocycles. The molecule has 0 radical (unpaired) electrons. The van der Waals surface area contributed by atoms with Gasteiger partial charge in [0.15, 0.2) is 5.82 Å². The SMILES string of the molecule is CCN(c1cc(-c2ccc(CNC(=O)C[C@@H]3N=C(c4ccc(Cl)cc4)c4c(sc(C)c4C)-n4c(C)nnc43)cc2)cc(C(=O)NCc2c(C)cc(C)[nH]c2=O)c1C)C1CCOCC1. The summed E-state index contributed by atoms with van der Waals surface area (Å²) in [4.78, 5) is 52.3. The Morgan fingerprint density at radius 1 is 0.889 bits per heavy atom. The van der Waals surface area contributed by atoms with Crippen LogP contribution < -0.4 is 21.1 Å². The molecule has 8 rings (SSSR count). The first-order valence-corrected chi connectivity index (χ1v) is 22.7. The zero-order valence-electron chi connectivity index (χ0n) is 36.8. The van der Waals surface area contributed by atoms with Gasteiger partial charge in [0.25, 0.3) is 11.5 Å². The lowest BCUT2D eigenvalue weighted by Gasteiger charge is -2.37. The Balaban J connectivity index is 1.03. The fourth-order valence-electron chi connectivity index (χ4n) is 8.78. The van der Waals surface area contributed by atoms with E-state index in [1.54, 1.807) is 11.3 Å². The summed E-state index contributed by atoms with van der Waals surface area (Å²) in [6.07, 6.45) is 1.89. The Kier molecular flexibility index (Phi) is 12.8. The van der Waals surface area contributed by atoms with E-state index in [1.807, 2.05) is 92.9 Å². The molecule has 6 aromatic rings. The van der Waals surface area contributed by atoms with Crippen molar-refractivity contribution < 1.29 is 14.3 Å². The molecule has 0 bridgehead atoms. The van der Waals surface area contributed by atoms with E-state index >= 15 is 0 Å². The fraction of sp³-hybridized carbons (Fsp3) is 0.347. The highest BCUT2D eigenvalue weighted by atomic mass is 35.5. The number of aryl methyl sites for hydroxylation is 4. The van der Waals surface area contributed by atoms with E-state index in [4.69, 9.17) is 21.3 Å². The number of hydrogen-bond acceptors (Lipinski definition) is 9. The van der Waals surface area contributed by atoms with E-state index in [-0.39, 0.29) is 36.4 Å². The number of rotatable bonds is 12. The largest absolute Gasteiger partial charge is 0.381 e. The lowest BCUT2D eigenvalue weighted by atomic mass is 9.94. The van der Waals surface area contributed by atoms with Crippen molar-refractivity contribution in [2.75, 3.05) is 24.7 Å². The van der Waals surface area contributed by atoms with Crippen LogP contribution in [0.3, 0.4) is 0 Å². The summed E-state index contributed by atoms with van der Waals surface area (Å²) in [5.41, 5.74) is 11.0. The van der Waals surface area contributed by atoms with Crippen LogP contribution in [0.25, 0.3) is 16.1 Å². The van der Waals surface area contributed by atoms with Gasteiger partial charge in [-0.1, -0.05) is 48.0 Å². The minimum atomic E-state index is -0.578. The van der Waals surface area contributed by atoms with Crippen LogP contribution in [0, 0.1) is 41.5 Å². The first-order chi connectivity index (χ1) is 30.3. The highest BCUT2D eigenvalue weighted by Crippen LogP contribution is 2.40. The third-order valence-corrected chi connectivity index (χ3v) is 13.8. The van der Waals surface area contributed by atoms with E-state index in [2.05, 4.69) is 57.6 Å². The number of amides is 2. The maximum Gasteiger partial charge on any atom is 0.253 e. The lowest BCUT2D eigenvalue weighted by Crippen LogP contribution is -2.40. The monoisotopic (exact) mass is 884 g/mol. The van der Waals surface area contributed by atoms with E-state index in [0.717, 1.165) is 91.8 Å². The number of nitrogens with one attached hydrogen (secondary N) is 3. The van der Waals surface area contributed by atoms with Crippen LogP contribution in [-0.2, 0) is 22.6 Å². The van der Waals surface area contributed by atoms with Crippen LogP contribution in [0.1, 0.15) is 104 Å². The summed E-state index contributed by atoms with van der Waals surface area (Å²) in [7, 11) is 0. The molecular formula is C49H53ClN8O4S. The van der Waals surface area contributed by atoms with E-state index in [9.17, 15) is 14.4 Å². The molecule has 0 spiro atoms. The van der Waals surface area contributed by atoms with Crippen LogP contribution >= 0.6 is 22.9 Å². The number of ether oxygens (including phenoxy) is 1. The average molecular weight is 886 g/mol. The van der Waals surface area contributed by atoms with Gasteiger partial charge >= 0.3 is 0 Å². The standard InChI is InChI=1S/C49H53ClN8O4S/c1-8-57(38-17-19-62-20-18-38)42-23-36(22-39(30(42)5)47(60)52-26-40-27(2)21-28(3)53-48(40)61)34-11-9-33(10-12-34)25-51-43(59)24-41-46-56-55-32(7)58(46)49-44(29(4)31(6)63-49)45(54-41)35-13-15-37(50)16-14-35/h9-16,21-23,38,41H,8,17-20,24-26H2,1-7H3,(H,51,59)(H,52,60)(H,53,61)/t41-/m0/s1. The number of thiophene rings is 1. The molecule has 3 aromatic heterocycles. The molecule has 2 aliphatic heterocycles. The lowest BCUT2D eigenvalue weighted by molar-refractivity contribution is -0.121. The van der Waals surface area contributed by atoms with Gasteiger partial charge in [-0.05, 0) is 125 Å². The van der Waals surface area contributed by atoms with Crippen molar-refractivity contribution in [1.29, 1.82) is 0 Å². The van der Waals surface area contributed by atoms with Gasteiger partial charge in [0.05, 0.1) is 12.1 Å². The normalized spacial score (nSPS) is 15.0. The van der Waals surface area contributed by atoms with Crippen molar-refractivity contribution in [3.63, 3.8) is 0 Å². The quantitative estimate of drug-likeness (QED) is 0.111. The average Bonchev–Trinajstić information content (AvgIpc) is 3.75. The summed E-state index contributed by atoms with van der Waals surface area (Å²) < 4.78 is 7.75. The molecule has 1 fully saturated rings. The zero-order valence-corrected chi connectivity index (χ0v) is 38.4. The number of aromatic amines is 1. The summed E-state index contributed by atoms with van der Waals surface area (Å²) in [6.45, 7) is 16.6. The van der Waals surface area contributed by atoms with Crippen LogP contribution in [0.4, 0.5) is 5.69 Å². The second kappa shape index (κ2) is 18.4. The van der Waals surface area contributed by atoms with Gasteiger partial charge in [0.1, 0.15) is 16.9 Å². The topological polar surface area (TPSA) is 147 Å². The first kappa shape index (κ1) is 43.7. The third-order valence-electron chi connectivity index (χ3n) is 12.3. The van der Waals surface area contributed by atoms with Gasteiger partial charge in [-0.25, -0.2) is 0 Å². The number of H-pyrrole nitrogens is 1. The maximum absolute atomic E-state index is 14.0. The van der Waals surface area contributed by atoms with E-state index in [1.165, 1.54) is 4.88 Å². The predicted octanol–water partition coefficient (Wildman–Crippen LogP) is 8.72.